The average molecular weight is 114 g/mol. The lowest BCUT2D eigenvalue weighted by molar-refractivity contribution is 0.238. The molecule has 0 heterocycles. The largest absolute Gasteiger partial charge is 0.355 e. The molecule has 0 saturated heterocycles. The van der Waals surface area contributed by atoms with Crippen molar-refractivity contribution < 1.29 is 4.79 Å². The minimum Gasteiger partial charge on any atom is -0.246 e. The van der Waals surface area contributed by atoms with Crippen molar-refractivity contribution in [2.75, 3.05) is 0 Å². The Labute approximate surface area is 49.3 Å². The van der Waals surface area contributed by atoms with Crippen molar-refractivity contribution >= 4 is 6.03 Å². The second-order valence-electron chi connectivity index (χ2n) is 2.59. The zero-order valence-electron chi connectivity index (χ0n) is 5.36. The van der Waals surface area contributed by atoms with Gasteiger partial charge < -0.3 is 0 Å². The molecule has 0 spiro atoms. The summed E-state index contributed by atoms with van der Waals surface area (Å²) in [5.41, 5.74) is 6.04. The predicted octanol–water partition coefficient (Wildman–Crippen LogP) is 0.792. The van der Waals surface area contributed by atoms with Gasteiger partial charge in [0.15, 0.2) is 0 Å². The van der Waals surface area contributed by atoms with E-state index in [4.69, 9.17) is 5.73 Å². The number of hydrogen-bond acceptors (Lipinski definition) is 1. The quantitative estimate of drug-likeness (QED) is 0.459. The topological polar surface area (TPSA) is 55.0 Å². The lowest BCUT2D eigenvalue weighted by Crippen LogP contribution is -2.33. The molecule has 0 rings (SSSR count). The van der Waals surface area contributed by atoms with E-state index in [9.17, 15) is 4.79 Å². The summed E-state index contributed by atoms with van der Waals surface area (Å²) in [4.78, 5) is 9.96. The third-order valence-corrected chi connectivity index (χ3v) is 0.437. The van der Waals surface area contributed by atoms with E-state index in [1.54, 1.807) is 20.8 Å². The van der Waals surface area contributed by atoms with Gasteiger partial charge in [0.25, 0.3) is 0 Å². The Balaban J connectivity index is 3.55. The molecule has 2 radical (unpaired) electrons. The van der Waals surface area contributed by atoms with Gasteiger partial charge >= 0.3 is 6.03 Å². The molecule has 0 aliphatic heterocycles. The number of hydrogen-bond donors (Lipinski definition) is 0. The van der Waals surface area contributed by atoms with Gasteiger partial charge in [-0.3, -0.25) is 0 Å². The number of urea groups is 1. The van der Waals surface area contributed by atoms with Crippen LogP contribution < -0.4 is 11.1 Å². The van der Waals surface area contributed by atoms with Gasteiger partial charge in [-0.05, 0) is 20.8 Å². The smallest absolute Gasteiger partial charge is 0.246 e. The zero-order valence-corrected chi connectivity index (χ0v) is 5.36. The Hall–Kier alpha value is -0.730. The number of nitrogens with one attached hydrogen (secondary N) is 1. The van der Waals surface area contributed by atoms with Crippen molar-refractivity contribution in [2.45, 2.75) is 26.3 Å². The first-order chi connectivity index (χ1) is 3.42. The molecule has 1 N–H and O–H groups in total. The molecule has 0 fully saturated rings. The lowest BCUT2D eigenvalue weighted by atomic mass is 10.1. The van der Waals surface area contributed by atoms with Crippen molar-refractivity contribution in [3.05, 3.63) is 0 Å². The summed E-state index contributed by atoms with van der Waals surface area (Å²) in [5.74, 6) is 0. The fourth-order valence-corrected chi connectivity index (χ4v) is 0.305. The van der Waals surface area contributed by atoms with Crippen LogP contribution in [0.4, 0.5) is 4.79 Å². The normalized spacial score (nSPS) is 10.9. The third-order valence-electron chi connectivity index (χ3n) is 0.437. The average Bonchev–Trinajstić information content (AvgIpc) is 1.21. The van der Waals surface area contributed by atoms with Crippen molar-refractivity contribution in [1.82, 2.24) is 11.1 Å². The van der Waals surface area contributed by atoms with Crippen LogP contribution in [0.25, 0.3) is 0 Å². The summed E-state index contributed by atoms with van der Waals surface area (Å²) in [6.07, 6.45) is 0. The Bertz CT molecular complexity index is 93.1. The van der Waals surface area contributed by atoms with Crippen LogP contribution in [0.2, 0.25) is 0 Å². The zero-order chi connectivity index (χ0) is 6.78. The van der Waals surface area contributed by atoms with Crippen LogP contribution in [0.15, 0.2) is 0 Å². The van der Waals surface area contributed by atoms with E-state index in [0.29, 0.717) is 0 Å². The maximum absolute atomic E-state index is 9.96. The molecule has 0 atom stereocenters. The highest BCUT2D eigenvalue weighted by Gasteiger charge is 2.13. The van der Waals surface area contributed by atoms with Crippen LogP contribution in [-0.2, 0) is 0 Å². The minimum absolute atomic E-state index is 0.390. The molecule has 0 unspecified atom stereocenters. The third kappa shape index (κ3) is 5.27. The van der Waals surface area contributed by atoms with E-state index in [-0.39, 0.29) is 0 Å². The van der Waals surface area contributed by atoms with Crippen molar-refractivity contribution in [3.63, 3.8) is 0 Å². The van der Waals surface area contributed by atoms with Gasteiger partial charge in [0, 0.05) is 0 Å². The Morgan fingerprint density at radius 2 is 1.88 bits per heavy atom. The van der Waals surface area contributed by atoms with Gasteiger partial charge in [0.1, 0.15) is 0 Å². The molecule has 0 aliphatic rings. The first-order valence-electron chi connectivity index (χ1n) is 2.40. The van der Waals surface area contributed by atoms with Crippen molar-refractivity contribution in [2.24, 2.45) is 0 Å². The van der Waals surface area contributed by atoms with Gasteiger partial charge in [-0.25, -0.2) is 15.8 Å². The van der Waals surface area contributed by atoms with E-state index < -0.39 is 11.6 Å². The van der Waals surface area contributed by atoms with Crippen LogP contribution in [0, 0.1) is 0 Å². The van der Waals surface area contributed by atoms with Gasteiger partial charge in [0.05, 0.1) is 5.54 Å². The van der Waals surface area contributed by atoms with Gasteiger partial charge in [0.2, 0.25) is 0 Å². The number of carbonyl (C=O) groups is 1. The Kier molecular flexibility index (Phi) is 1.84. The lowest BCUT2D eigenvalue weighted by Gasteiger charge is -2.13. The van der Waals surface area contributed by atoms with Crippen LogP contribution >= 0.6 is 0 Å². The summed E-state index contributed by atoms with van der Waals surface area (Å²) in [5, 5.41) is 3.44. The number of rotatable bonds is 0. The van der Waals surface area contributed by atoms with Crippen molar-refractivity contribution in [1.29, 1.82) is 0 Å². The molecule has 0 aromatic carbocycles. The standard InChI is InChI=1S/C5H10N2O/c1-5(2,3)7-4(6)8/h6H,1-3H3. The SMILES string of the molecule is CC(C)(C)[N]C([NH])=O. The van der Waals surface area contributed by atoms with Crippen LogP contribution in [-0.4, -0.2) is 11.6 Å². The molecule has 3 heteroatoms. The molecule has 0 bridgehead atoms. The van der Waals surface area contributed by atoms with E-state index in [1.165, 1.54) is 0 Å². The molecular formula is C5H10N2O. The number of nitrogens with zero attached hydrogens (tertiary/aromatic N) is 1. The first-order valence-corrected chi connectivity index (χ1v) is 2.40. The maximum Gasteiger partial charge on any atom is 0.355 e. The molecule has 0 aliphatic carbocycles. The number of carbonyl (C=O) groups excluding carboxylic acids is 1. The molecule has 0 aromatic rings. The first kappa shape index (κ1) is 7.27. The molecular weight excluding hydrogens is 104 g/mol. The summed E-state index contributed by atoms with van der Waals surface area (Å²) in [6, 6.07) is -0.850. The molecule has 8 heavy (non-hydrogen) atoms. The fraction of sp³-hybridized carbons (Fsp3) is 0.800. The summed E-state index contributed by atoms with van der Waals surface area (Å²) in [7, 11) is 0. The minimum atomic E-state index is -0.850. The second-order valence-corrected chi connectivity index (χ2v) is 2.59. The molecule has 0 saturated carbocycles. The monoisotopic (exact) mass is 114 g/mol. The van der Waals surface area contributed by atoms with Crippen molar-refractivity contribution in [3.8, 4) is 0 Å². The van der Waals surface area contributed by atoms with Crippen LogP contribution in [0.1, 0.15) is 20.8 Å². The predicted molar refractivity (Wildman–Crippen MR) is 30.4 cm³/mol. The number of amides is 2. The summed E-state index contributed by atoms with van der Waals surface area (Å²) < 4.78 is 0. The Morgan fingerprint density at radius 3 is 1.88 bits per heavy atom. The van der Waals surface area contributed by atoms with Gasteiger partial charge in [-0.2, -0.15) is 0 Å². The highest BCUT2D eigenvalue weighted by molar-refractivity contribution is 5.71. The maximum atomic E-state index is 9.96. The van der Waals surface area contributed by atoms with E-state index in [2.05, 4.69) is 5.32 Å². The Morgan fingerprint density at radius 1 is 1.50 bits per heavy atom. The van der Waals surface area contributed by atoms with E-state index >= 15 is 0 Å². The van der Waals surface area contributed by atoms with E-state index in [1.807, 2.05) is 0 Å². The van der Waals surface area contributed by atoms with E-state index in [0.717, 1.165) is 0 Å². The molecule has 2 amide bonds. The fourth-order valence-electron chi connectivity index (χ4n) is 0.305. The molecule has 0 aromatic heterocycles. The van der Waals surface area contributed by atoms with Gasteiger partial charge in [-0.1, -0.05) is 0 Å². The highest BCUT2D eigenvalue weighted by Crippen LogP contribution is 1.98. The molecule has 46 valence electrons. The highest BCUT2D eigenvalue weighted by atomic mass is 16.2. The van der Waals surface area contributed by atoms with Gasteiger partial charge in [-0.15, -0.1) is 0 Å². The molecule has 3 nitrogen and oxygen atoms in total. The second kappa shape index (κ2) is 2.03. The van der Waals surface area contributed by atoms with Crippen LogP contribution in [0.5, 0.6) is 0 Å². The summed E-state index contributed by atoms with van der Waals surface area (Å²) >= 11 is 0. The van der Waals surface area contributed by atoms with Crippen LogP contribution in [0.3, 0.4) is 0 Å². The summed E-state index contributed by atoms with van der Waals surface area (Å²) in [6.45, 7) is 5.33.